The second-order valence-electron chi connectivity index (χ2n) is 5.62. The Bertz CT molecular complexity index is 460. The molecule has 0 saturated heterocycles. The van der Waals surface area contributed by atoms with Crippen LogP contribution in [-0.4, -0.2) is 11.8 Å². The summed E-state index contributed by atoms with van der Waals surface area (Å²) in [6.07, 6.45) is -4.27. The molecule has 0 bridgehead atoms. The Balaban J connectivity index is 2.87. The van der Waals surface area contributed by atoms with Crippen LogP contribution < -0.4 is 5.73 Å². The van der Waals surface area contributed by atoms with Crippen LogP contribution in [0.1, 0.15) is 31.9 Å². The van der Waals surface area contributed by atoms with Gasteiger partial charge in [-0.05, 0) is 18.1 Å². The lowest BCUT2D eigenvalue weighted by molar-refractivity contribution is -0.137. The predicted octanol–water partition coefficient (Wildman–Crippen LogP) is 3.19. The highest BCUT2D eigenvalue weighted by Crippen LogP contribution is 2.30. The fraction of sp³-hybridized carbons (Fsp3) is 0.500. The van der Waals surface area contributed by atoms with Crippen molar-refractivity contribution in [1.82, 2.24) is 0 Å². The van der Waals surface area contributed by atoms with Gasteiger partial charge in [0.1, 0.15) is 0 Å². The molecule has 1 atom stereocenters. The second kappa shape index (κ2) is 5.33. The van der Waals surface area contributed by atoms with Gasteiger partial charge in [-0.25, -0.2) is 0 Å². The molecule has 1 rings (SSSR count). The Hall–Kier alpha value is -1.36. The van der Waals surface area contributed by atoms with Crippen LogP contribution in [0.25, 0.3) is 0 Å². The van der Waals surface area contributed by atoms with Crippen molar-refractivity contribution in [3.8, 4) is 0 Å². The normalized spacial score (nSPS) is 14.3. The summed E-state index contributed by atoms with van der Waals surface area (Å²) >= 11 is 0. The van der Waals surface area contributed by atoms with E-state index in [1.54, 1.807) is 26.8 Å². The van der Waals surface area contributed by atoms with E-state index in [2.05, 4.69) is 0 Å². The molecular formula is C14H18F3NO. The number of hydrogen-bond acceptors (Lipinski definition) is 2. The van der Waals surface area contributed by atoms with E-state index >= 15 is 0 Å². The molecule has 0 fully saturated rings. The number of halogens is 3. The Morgan fingerprint density at radius 2 is 1.84 bits per heavy atom. The van der Waals surface area contributed by atoms with Crippen molar-refractivity contribution in [3.05, 3.63) is 35.4 Å². The van der Waals surface area contributed by atoms with E-state index in [0.29, 0.717) is 5.56 Å². The van der Waals surface area contributed by atoms with E-state index in [1.165, 1.54) is 6.07 Å². The molecule has 0 spiro atoms. The zero-order valence-corrected chi connectivity index (χ0v) is 11.2. The van der Waals surface area contributed by atoms with Crippen molar-refractivity contribution in [2.24, 2.45) is 11.1 Å². The van der Waals surface area contributed by atoms with Crippen LogP contribution in [-0.2, 0) is 17.4 Å². The molecule has 1 aromatic carbocycles. The standard InChI is InChI=1S/C14H18F3NO/c1-13(2,3)12(19)11(18)8-9-5-4-6-10(7-9)14(15,16)17/h4-7,11H,8,18H2,1-3H3/t11-/m1/s1. The first kappa shape index (κ1) is 15.7. The maximum Gasteiger partial charge on any atom is 0.416 e. The monoisotopic (exact) mass is 273 g/mol. The van der Waals surface area contributed by atoms with Crippen LogP contribution in [0.5, 0.6) is 0 Å². The highest BCUT2D eigenvalue weighted by molar-refractivity contribution is 5.88. The minimum Gasteiger partial charge on any atom is -0.321 e. The van der Waals surface area contributed by atoms with Gasteiger partial charge in [0.05, 0.1) is 11.6 Å². The number of ketones is 1. The summed E-state index contributed by atoms with van der Waals surface area (Å²) in [4.78, 5) is 11.9. The van der Waals surface area contributed by atoms with Crippen molar-refractivity contribution in [1.29, 1.82) is 0 Å². The minimum absolute atomic E-state index is 0.111. The quantitative estimate of drug-likeness (QED) is 0.919. The van der Waals surface area contributed by atoms with Crippen LogP contribution in [0.15, 0.2) is 24.3 Å². The second-order valence-corrected chi connectivity index (χ2v) is 5.62. The number of carbonyl (C=O) groups excluding carboxylic acids is 1. The first-order valence-corrected chi connectivity index (χ1v) is 5.98. The molecule has 5 heteroatoms. The number of nitrogens with two attached hydrogens (primary N) is 1. The van der Waals surface area contributed by atoms with Crippen molar-refractivity contribution in [2.75, 3.05) is 0 Å². The van der Waals surface area contributed by atoms with Gasteiger partial charge in [-0.3, -0.25) is 4.79 Å². The van der Waals surface area contributed by atoms with Crippen LogP contribution >= 0.6 is 0 Å². The van der Waals surface area contributed by atoms with Crippen LogP contribution in [0.4, 0.5) is 13.2 Å². The number of hydrogen-bond donors (Lipinski definition) is 1. The highest BCUT2D eigenvalue weighted by Gasteiger charge is 2.31. The first-order valence-electron chi connectivity index (χ1n) is 5.98. The molecule has 0 aliphatic heterocycles. The number of Topliss-reactive ketones (excluding diaryl/α,β-unsaturated/α-hetero) is 1. The molecule has 2 nitrogen and oxygen atoms in total. The molecule has 0 heterocycles. The third-order valence-corrected chi connectivity index (χ3v) is 2.79. The van der Waals surface area contributed by atoms with E-state index in [4.69, 9.17) is 5.73 Å². The van der Waals surface area contributed by atoms with Crippen molar-refractivity contribution in [2.45, 2.75) is 39.4 Å². The largest absolute Gasteiger partial charge is 0.416 e. The summed E-state index contributed by atoms with van der Waals surface area (Å²) < 4.78 is 37.7. The summed E-state index contributed by atoms with van der Waals surface area (Å²) in [5.41, 5.74) is 4.86. The maximum absolute atomic E-state index is 12.6. The molecule has 0 aliphatic rings. The third kappa shape index (κ3) is 4.35. The lowest BCUT2D eigenvalue weighted by Crippen LogP contribution is -2.40. The van der Waals surface area contributed by atoms with Crippen molar-refractivity contribution < 1.29 is 18.0 Å². The Kier molecular flexibility index (Phi) is 4.40. The number of benzene rings is 1. The molecule has 106 valence electrons. The number of rotatable bonds is 3. The molecular weight excluding hydrogens is 255 g/mol. The molecule has 0 unspecified atom stereocenters. The van der Waals surface area contributed by atoms with Gasteiger partial charge >= 0.3 is 6.18 Å². The lowest BCUT2D eigenvalue weighted by atomic mass is 9.84. The van der Waals surface area contributed by atoms with Gasteiger partial charge in [0, 0.05) is 5.41 Å². The van der Waals surface area contributed by atoms with Crippen LogP contribution in [0, 0.1) is 5.41 Å². The molecule has 1 aromatic rings. The molecule has 0 saturated carbocycles. The van der Waals surface area contributed by atoms with Crippen molar-refractivity contribution in [3.63, 3.8) is 0 Å². The number of alkyl halides is 3. The van der Waals surface area contributed by atoms with Crippen LogP contribution in [0.3, 0.4) is 0 Å². The van der Waals surface area contributed by atoms with Gasteiger partial charge < -0.3 is 5.73 Å². The maximum atomic E-state index is 12.6. The zero-order valence-electron chi connectivity index (χ0n) is 11.2. The van der Waals surface area contributed by atoms with Gasteiger partial charge in [-0.1, -0.05) is 39.0 Å². The average Bonchev–Trinajstić information content (AvgIpc) is 2.26. The number of carbonyl (C=O) groups is 1. The molecule has 0 amide bonds. The van der Waals surface area contributed by atoms with Gasteiger partial charge in [-0.15, -0.1) is 0 Å². The fourth-order valence-electron chi connectivity index (χ4n) is 1.78. The smallest absolute Gasteiger partial charge is 0.321 e. The van der Waals surface area contributed by atoms with Gasteiger partial charge in [0.15, 0.2) is 5.78 Å². The molecule has 19 heavy (non-hydrogen) atoms. The van der Waals surface area contributed by atoms with E-state index < -0.39 is 23.2 Å². The van der Waals surface area contributed by atoms with Crippen LogP contribution in [0.2, 0.25) is 0 Å². The Morgan fingerprint density at radius 1 is 1.26 bits per heavy atom. The summed E-state index contributed by atoms with van der Waals surface area (Å²) in [7, 11) is 0. The Labute approximate surface area is 110 Å². The summed E-state index contributed by atoms with van der Waals surface area (Å²) in [6, 6.07) is 4.12. The van der Waals surface area contributed by atoms with E-state index in [-0.39, 0.29) is 12.2 Å². The third-order valence-electron chi connectivity index (χ3n) is 2.79. The van der Waals surface area contributed by atoms with E-state index in [9.17, 15) is 18.0 Å². The zero-order chi connectivity index (χ0) is 14.8. The first-order chi connectivity index (χ1) is 8.51. The highest BCUT2D eigenvalue weighted by atomic mass is 19.4. The molecule has 0 aromatic heterocycles. The van der Waals surface area contributed by atoms with E-state index in [1.807, 2.05) is 0 Å². The predicted molar refractivity (Wildman–Crippen MR) is 67.6 cm³/mol. The SMILES string of the molecule is CC(C)(C)C(=O)[C@H](N)Cc1cccc(C(F)(F)F)c1. The van der Waals surface area contributed by atoms with Crippen molar-refractivity contribution >= 4 is 5.78 Å². The molecule has 0 aliphatic carbocycles. The topological polar surface area (TPSA) is 43.1 Å². The van der Waals surface area contributed by atoms with E-state index in [0.717, 1.165) is 12.1 Å². The Morgan fingerprint density at radius 3 is 2.32 bits per heavy atom. The molecule has 0 radical (unpaired) electrons. The minimum atomic E-state index is -4.38. The molecule has 2 N–H and O–H groups in total. The van der Waals surface area contributed by atoms with Gasteiger partial charge in [0.25, 0.3) is 0 Å². The fourth-order valence-corrected chi connectivity index (χ4v) is 1.78. The lowest BCUT2D eigenvalue weighted by Gasteiger charge is -2.22. The summed E-state index contributed by atoms with van der Waals surface area (Å²) in [5.74, 6) is -0.162. The summed E-state index contributed by atoms with van der Waals surface area (Å²) in [6.45, 7) is 5.21. The average molecular weight is 273 g/mol. The van der Waals surface area contributed by atoms with Gasteiger partial charge in [-0.2, -0.15) is 13.2 Å². The summed E-state index contributed by atoms with van der Waals surface area (Å²) in [5, 5.41) is 0. The van der Waals surface area contributed by atoms with Gasteiger partial charge in [0.2, 0.25) is 0 Å².